The van der Waals surface area contributed by atoms with Gasteiger partial charge in [-0.25, -0.2) is 0 Å². The Labute approximate surface area is 123 Å². The summed E-state index contributed by atoms with van der Waals surface area (Å²) in [5.41, 5.74) is 1.05. The van der Waals surface area contributed by atoms with Crippen molar-refractivity contribution >= 4 is 0 Å². The van der Waals surface area contributed by atoms with Gasteiger partial charge in [-0.2, -0.15) is 0 Å². The average Bonchev–Trinajstić information content (AvgIpc) is 2.81. The molecule has 4 rings (SSSR count). The van der Waals surface area contributed by atoms with Crippen LogP contribution >= 0.6 is 0 Å². The van der Waals surface area contributed by atoms with Crippen LogP contribution in [0.4, 0.5) is 0 Å². The average molecular weight is 274 g/mol. The van der Waals surface area contributed by atoms with Gasteiger partial charge in [-0.15, -0.1) is 0 Å². The first-order valence-electron chi connectivity index (χ1n) is 8.89. The van der Waals surface area contributed by atoms with Crippen LogP contribution in [0.15, 0.2) is 12.2 Å². The van der Waals surface area contributed by atoms with Gasteiger partial charge in [-0.1, -0.05) is 26.0 Å². The fourth-order valence-electron chi connectivity index (χ4n) is 6.72. The Kier molecular flexibility index (Phi) is 2.91. The third kappa shape index (κ3) is 1.71. The molecule has 0 saturated heterocycles. The zero-order valence-electron chi connectivity index (χ0n) is 13.1. The quantitative estimate of drug-likeness (QED) is 0.642. The third-order valence-electron chi connectivity index (χ3n) is 7.96. The molecule has 4 aliphatic rings. The number of hydrogen-bond donors (Lipinski definition) is 1. The Morgan fingerprint density at radius 2 is 1.85 bits per heavy atom. The SMILES string of the molecule is C[C@]12CC[C@@H](O)C[C@H]1CC[C@@H]1[C@H]2CC[C@]2(C)C=CC[C@@H]12. The van der Waals surface area contributed by atoms with Crippen LogP contribution in [0.2, 0.25) is 0 Å². The maximum atomic E-state index is 10.0. The third-order valence-corrected chi connectivity index (χ3v) is 7.96. The van der Waals surface area contributed by atoms with Gasteiger partial charge in [0.2, 0.25) is 0 Å². The largest absolute Gasteiger partial charge is 0.393 e. The molecule has 0 aliphatic heterocycles. The summed E-state index contributed by atoms with van der Waals surface area (Å²) < 4.78 is 0. The number of allylic oxidation sites excluding steroid dienone is 2. The molecule has 1 nitrogen and oxygen atoms in total. The van der Waals surface area contributed by atoms with Gasteiger partial charge in [0.05, 0.1) is 6.10 Å². The molecule has 7 atom stereocenters. The van der Waals surface area contributed by atoms with E-state index >= 15 is 0 Å². The lowest BCUT2D eigenvalue weighted by molar-refractivity contribution is -0.116. The van der Waals surface area contributed by atoms with Crippen molar-refractivity contribution in [1.29, 1.82) is 0 Å². The lowest BCUT2D eigenvalue weighted by Gasteiger charge is -2.60. The van der Waals surface area contributed by atoms with E-state index in [0.717, 1.165) is 36.5 Å². The Morgan fingerprint density at radius 3 is 2.70 bits per heavy atom. The molecule has 4 aliphatic carbocycles. The maximum absolute atomic E-state index is 10.0. The van der Waals surface area contributed by atoms with Gasteiger partial charge in [-0.3, -0.25) is 0 Å². The zero-order valence-corrected chi connectivity index (χ0v) is 13.1. The topological polar surface area (TPSA) is 20.2 Å². The van der Waals surface area contributed by atoms with Crippen molar-refractivity contribution in [2.75, 3.05) is 0 Å². The van der Waals surface area contributed by atoms with E-state index in [1.807, 2.05) is 0 Å². The molecular weight excluding hydrogens is 244 g/mol. The molecule has 0 radical (unpaired) electrons. The van der Waals surface area contributed by atoms with Crippen LogP contribution in [0.3, 0.4) is 0 Å². The highest BCUT2D eigenvalue weighted by atomic mass is 16.3. The molecule has 0 bridgehead atoms. The molecule has 1 N–H and O–H groups in total. The molecule has 0 spiro atoms. The molecule has 20 heavy (non-hydrogen) atoms. The summed E-state index contributed by atoms with van der Waals surface area (Å²) >= 11 is 0. The van der Waals surface area contributed by atoms with E-state index in [1.54, 1.807) is 0 Å². The second-order valence-electron chi connectivity index (χ2n) is 8.77. The van der Waals surface area contributed by atoms with Gasteiger partial charge in [0.25, 0.3) is 0 Å². The predicted octanol–water partition coefficient (Wildman–Crippen LogP) is 4.56. The molecule has 3 saturated carbocycles. The van der Waals surface area contributed by atoms with Gasteiger partial charge in [0, 0.05) is 0 Å². The first kappa shape index (κ1) is 13.4. The Balaban J connectivity index is 1.63. The molecule has 0 amide bonds. The highest BCUT2D eigenvalue weighted by molar-refractivity contribution is 5.16. The lowest BCUT2D eigenvalue weighted by atomic mass is 9.45. The number of aliphatic hydroxyl groups excluding tert-OH is 1. The Bertz CT molecular complexity index is 427. The summed E-state index contributed by atoms with van der Waals surface area (Å²) in [7, 11) is 0. The van der Waals surface area contributed by atoms with E-state index < -0.39 is 0 Å². The van der Waals surface area contributed by atoms with E-state index in [-0.39, 0.29) is 6.10 Å². The van der Waals surface area contributed by atoms with Crippen molar-refractivity contribution in [3.63, 3.8) is 0 Å². The van der Waals surface area contributed by atoms with E-state index in [4.69, 9.17) is 0 Å². The first-order valence-corrected chi connectivity index (χ1v) is 8.89. The van der Waals surface area contributed by atoms with Crippen LogP contribution in [-0.2, 0) is 0 Å². The number of fused-ring (bicyclic) bond motifs is 5. The van der Waals surface area contributed by atoms with Crippen molar-refractivity contribution in [2.45, 2.75) is 71.3 Å². The van der Waals surface area contributed by atoms with Crippen LogP contribution in [0, 0.1) is 34.5 Å². The molecule has 112 valence electrons. The summed E-state index contributed by atoms with van der Waals surface area (Å²) in [6.07, 6.45) is 15.4. The molecule has 0 aromatic heterocycles. The maximum Gasteiger partial charge on any atom is 0.0543 e. The molecule has 0 aromatic carbocycles. The van der Waals surface area contributed by atoms with Crippen molar-refractivity contribution in [3.8, 4) is 0 Å². The molecule has 0 unspecified atom stereocenters. The van der Waals surface area contributed by atoms with E-state index in [2.05, 4.69) is 26.0 Å². The van der Waals surface area contributed by atoms with Gasteiger partial charge in [0.1, 0.15) is 0 Å². The summed E-state index contributed by atoms with van der Waals surface area (Å²) in [6.45, 7) is 5.09. The fourth-order valence-corrected chi connectivity index (χ4v) is 6.72. The minimum atomic E-state index is -0.00775. The standard InChI is InChI=1S/C19H30O/c1-18-9-3-4-16(18)15-6-5-13-12-14(20)7-11-19(13,2)17(15)8-10-18/h3,9,13-17,20H,4-8,10-12H2,1-2H3/t13-,14-,15+,16+,17-,18+,19+/m1/s1. The predicted molar refractivity (Wildman–Crippen MR) is 82.3 cm³/mol. The van der Waals surface area contributed by atoms with Crippen LogP contribution in [0.25, 0.3) is 0 Å². The lowest BCUT2D eigenvalue weighted by Crippen LogP contribution is -2.53. The van der Waals surface area contributed by atoms with Gasteiger partial charge in [-0.05, 0) is 85.9 Å². The van der Waals surface area contributed by atoms with E-state index in [9.17, 15) is 5.11 Å². The fraction of sp³-hybridized carbons (Fsp3) is 0.895. The molecule has 3 fully saturated rings. The number of aliphatic hydroxyl groups is 1. The normalized spacial score (nSPS) is 57.9. The summed E-state index contributed by atoms with van der Waals surface area (Å²) in [6, 6.07) is 0. The second kappa shape index (κ2) is 4.35. The molecular formula is C19H30O. The smallest absolute Gasteiger partial charge is 0.0543 e. The Morgan fingerprint density at radius 1 is 1.00 bits per heavy atom. The minimum absolute atomic E-state index is 0.00775. The van der Waals surface area contributed by atoms with Crippen molar-refractivity contribution in [1.82, 2.24) is 0 Å². The van der Waals surface area contributed by atoms with Crippen LogP contribution in [-0.4, -0.2) is 11.2 Å². The second-order valence-corrected chi connectivity index (χ2v) is 8.77. The van der Waals surface area contributed by atoms with Crippen molar-refractivity contribution < 1.29 is 5.11 Å². The van der Waals surface area contributed by atoms with Crippen molar-refractivity contribution in [2.24, 2.45) is 34.5 Å². The number of rotatable bonds is 0. The van der Waals surface area contributed by atoms with Crippen LogP contribution < -0.4 is 0 Å². The first-order chi connectivity index (χ1) is 9.53. The monoisotopic (exact) mass is 274 g/mol. The minimum Gasteiger partial charge on any atom is -0.393 e. The van der Waals surface area contributed by atoms with E-state index in [1.165, 1.54) is 38.5 Å². The van der Waals surface area contributed by atoms with Gasteiger partial charge < -0.3 is 5.11 Å². The summed E-state index contributed by atoms with van der Waals surface area (Å²) in [5, 5.41) is 10.0. The van der Waals surface area contributed by atoms with E-state index in [0.29, 0.717) is 10.8 Å². The van der Waals surface area contributed by atoms with Gasteiger partial charge in [0.15, 0.2) is 0 Å². The molecule has 0 heterocycles. The highest BCUT2D eigenvalue weighted by Crippen LogP contribution is 2.64. The summed E-state index contributed by atoms with van der Waals surface area (Å²) in [4.78, 5) is 0. The zero-order chi connectivity index (χ0) is 14.0. The van der Waals surface area contributed by atoms with Crippen LogP contribution in [0.5, 0.6) is 0 Å². The summed E-state index contributed by atoms with van der Waals surface area (Å²) in [5.74, 6) is 3.61. The van der Waals surface area contributed by atoms with Crippen molar-refractivity contribution in [3.05, 3.63) is 12.2 Å². The molecule has 0 aromatic rings. The number of hydrogen-bond acceptors (Lipinski definition) is 1. The Hall–Kier alpha value is -0.300. The van der Waals surface area contributed by atoms with Crippen LogP contribution in [0.1, 0.15) is 65.2 Å². The van der Waals surface area contributed by atoms with Gasteiger partial charge >= 0.3 is 0 Å². The molecule has 1 heteroatoms. The highest BCUT2D eigenvalue weighted by Gasteiger charge is 2.56.